The van der Waals surface area contributed by atoms with Crippen LogP contribution < -0.4 is 0 Å². The highest BCUT2D eigenvalue weighted by molar-refractivity contribution is 7.58. The van der Waals surface area contributed by atoms with Gasteiger partial charge in [-0.2, -0.15) is 0 Å². The molecule has 1 rings (SSSR count). The van der Waals surface area contributed by atoms with Crippen LogP contribution in [0.25, 0.3) is 0 Å². The van der Waals surface area contributed by atoms with Gasteiger partial charge in [0.1, 0.15) is 0 Å². The number of hydrogen-bond acceptors (Lipinski definition) is 2. The summed E-state index contributed by atoms with van der Waals surface area (Å²) in [4.78, 5) is 0. The van der Waals surface area contributed by atoms with Gasteiger partial charge in [0.25, 0.3) is 0 Å². The highest BCUT2D eigenvalue weighted by atomic mass is 31.1. The molecular weight excluding hydrogens is 171 g/mol. The first-order valence-corrected chi connectivity index (χ1v) is 6.33. The van der Waals surface area contributed by atoms with Crippen molar-refractivity contribution in [3.8, 4) is 0 Å². The van der Waals surface area contributed by atoms with Crippen LogP contribution in [0.5, 0.6) is 0 Å². The van der Waals surface area contributed by atoms with E-state index < -0.39 is 0 Å². The van der Waals surface area contributed by atoms with E-state index in [0.717, 1.165) is 0 Å². The highest BCUT2D eigenvalue weighted by Gasteiger charge is 2.44. The molecule has 1 fully saturated rings. The van der Waals surface area contributed by atoms with Gasteiger partial charge in [-0.25, -0.2) is 0 Å². The maximum atomic E-state index is 5.46. The molecule has 12 heavy (non-hydrogen) atoms. The summed E-state index contributed by atoms with van der Waals surface area (Å²) in [6, 6.07) is 0. The molecule has 0 aromatic carbocycles. The Morgan fingerprint density at radius 2 is 1.25 bits per heavy atom. The molecule has 0 saturated carbocycles. The molecule has 0 spiro atoms. The first kappa shape index (κ1) is 10.4. The first-order valence-electron chi connectivity index (χ1n) is 4.41. The summed E-state index contributed by atoms with van der Waals surface area (Å²) in [5.41, 5.74) is 1.34. The summed E-state index contributed by atoms with van der Waals surface area (Å²) in [5.74, 6) is 0. The van der Waals surface area contributed by atoms with Gasteiger partial charge in [-0.3, -0.25) is 0 Å². The summed E-state index contributed by atoms with van der Waals surface area (Å²) in [6.45, 7) is 6.89. The van der Waals surface area contributed by atoms with Crippen molar-refractivity contribution in [1.82, 2.24) is 0 Å². The second-order valence-electron chi connectivity index (χ2n) is 3.55. The molecule has 0 N–H and O–H groups in total. The third kappa shape index (κ3) is 1.53. The molecule has 1 aliphatic heterocycles. The number of hydrogen-bond donors (Lipinski definition) is 0. The zero-order chi connectivity index (χ0) is 9.30. The van der Waals surface area contributed by atoms with Crippen LogP contribution in [0.1, 0.15) is 13.8 Å². The van der Waals surface area contributed by atoms with E-state index >= 15 is 0 Å². The maximum Gasteiger partial charge on any atom is 0.0903 e. The van der Waals surface area contributed by atoms with Gasteiger partial charge in [0.2, 0.25) is 0 Å². The van der Waals surface area contributed by atoms with Crippen molar-refractivity contribution in [1.29, 1.82) is 0 Å². The van der Waals surface area contributed by atoms with Crippen molar-refractivity contribution in [3.63, 3.8) is 0 Å². The summed E-state index contributed by atoms with van der Waals surface area (Å²) in [6.07, 6.45) is 0.613. The molecule has 0 aromatic heterocycles. The predicted molar refractivity (Wildman–Crippen MR) is 53.4 cm³/mol. The van der Waals surface area contributed by atoms with Gasteiger partial charge in [0.15, 0.2) is 0 Å². The Morgan fingerprint density at radius 1 is 0.917 bits per heavy atom. The lowest BCUT2D eigenvalue weighted by atomic mass is 10.1. The minimum atomic E-state index is 0.0723. The molecule has 2 nitrogen and oxygen atoms in total. The van der Waals surface area contributed by atoms with E-state index in [-0.39, 0.29) is 7.92 Å². The molecule has 1 aliphatic rings. The van der Waals surface area contributed by atoms with Crippen LogP contribution in [-0.4, -0.2) is 44.4 Å². The van der Waals surface area contributed by atoms with Crippen LogP contribution in [0.3, 0.4) is 0 Å². The first-order chi connectivity index (χ1) is 5.63. The third-order valence-electron chi connectivity index (χ3n) is 3.10. The molecule has 0 radical (unpaired) electrons. The average molecular weight is 190 g/mol. The van der Waals surface area contributed by atoms with Gasteiger partial charge in [0, 0.05) is 25.5 Å². The van der Waals surface area contributed by atoms with Crippen molar-refractivity contribution in [2.45, 2.75) is 37.4 Å². The molecule has 1 heterocycles. The molecule has 0 amide bonds. The Kier molecular flexibility index (Phi) is 3.51. The number of ether oxygens (including phenoxy) is 2. The van der Waals surface area contributed by atoms with Crippen LogP contribution in [-0.2, 0) is 9.47 Å². The third-order valence-corrected chi connectivity index (χ3v) is 6.26. The molecule has 5 atom stereocenters. The summed E-state index contributed by atoms with van der Waals surface area (Å²) in [7, 11) is 3.64. The molecule has 0 bridgehead atoms. The summed E-state index contributed by atoms with van der Waals surface area (Å²) in [5, 5.41) is 0. The number of methoxy groups -OCH3 is 2. The fraction of sp³-hybridized carbons (Fsp3) is 1.00. The SMILES string of the molecule is COC1[C@H](OC)[C@H](C)P(C)[C@H]1C. The van der Waals surface area contributed by atoms with Gasteiger partial charge >= 0.3 is 0 Å². The average Bonchev–Trinajstić information content (AvgIpc) is 2.29. The smallest absolute Gasteiger partial charge is 0.0903 e. The van der Waals surface area contributed by atoms with Crippen LogP contribution in [0.2, 0.25) is 0 Å². The normalized spacial score (nSPS) is 48.2. The summed E-state index contributed by atoms with van der Waals surface area (Å²) >= 11 is 0. The lowest BCUT2D eigenvalue weighted by Crippen LogP contribution is -2.34. The van der Waals surface area contributed by atoms with Crippen molar-refractivity contribution >= 4 is 7.92 Å². The van der Waals surface area contributed by atoms with E-state index in [1.165, 1.54) is 0 Å². The molecule has 0 aliphatic carbocycles. The topological polar surface area (TPSA) is 18.5 Å². The minimum Gasteiger partial charge on any atom is -0.378 e. The van der Waals surface area contributed by atoms with Crippen LogP contribution in [0.15, 0.2) is 0 Å². The largest absolute Gasteiger partial charge is 0.378 e. The Balaban J connectivity index is 2.72. The molecule has 0 aromatic rings. The minimum absolute atomic E-state index is 0.0723. The second kappa shape index (κ2) is 4.04. The van der Waals surface area contributed by atoms with Crippen molar-refractivity contribution < 1.29 is 9.47 Å². The van der Waals surface area contributed by atoms with E-state index in [0.29, 0.717) is 23.5 Å². The fourth-order valence-electron chi connectivity index (χ4n) is 2.05. The van der Waals surface area contributed by atoms with Crippen LogP contribution >= 0.6 is 7.92 Å². The van der Waals surface area contributed by atoms with Crippen molar-refractivity contribution in [2.75, 3.05) is 20.9 Å². The van der Waals surface area contributed by atoms with Gasteiger partial charge in [-0.15, -0.1) is 0 Å². The second-order valence-corrected chi connectivity index (χ2v) is 6.51. The van der Waals surface area contributed by atoms with Crippen LogP contribution in [0.4, 0.5) is 0 Å². The quantitative estimate of drug-likeness (QED) is 0.619. The van der Waals surface area contributed by atoms with Gasteiger partial charge in [0.05, 0.1) is 12.2 Å². The van der Waals surface area contributed by atoms with Crippen molar-refractivity contribution in [2.24, 2.45) is 0 Å². The summed E-state index contributed by atoms with van der Waals surface area (Å²) < 4.78 is 10.9. The maximum absolute atomic E-state index is 5.46. The lowest BCUT2D eigenvalue weighted by molar-refractivity contribution is -0.0244. The van der Waals surface area contributed by atoms with E-state index in [1.807, 2.05) is 0 Å². The van der Waals surface area contributed by atoms with Gasteiger partial charge in [-0.05, 0) is 6.66 Å². The van der Waals surface area contributed by atoms with E-state index in [4.69, 9.17) is 9.47 Å². The van der Waals surface area contributed by atoms with Crippen molar-refractivity contribution in [3.05, 3.63) is 0 Å². The highest BCUT2D eigenvalue weighted by Crippen LogP contribution is 2.53. The molecule has 1 saturated heterocycles. The van der Waals surface area contributed by atoms with E-state index in [1.54, 1.807) is 14.2 Å². The Morgan fingerprint density at radius 3 is 1.50 bits per heavy atom. The van der Waals surface area contributed by atoms with E-state index in [2.05, 4.69) is 20.5 Å². The standard InChI is InChI=1S/C9H19O2P/c1-6-8(10-3)9(11-4)7(2)12(6)5/h6-9H,1-5H3/t6-,7-,8+,9?,12?/m0/s1. The molecule has 2 unspecified atom stereocenters. The van der Waals surface area contributed by atoms with Crippen LogP contribution in [0, 0.1) is 0 Å². The Hall–Kier alpha value is 0.350. The fourth-order valence-corrected chi connectivity index (χ4v) is 4.30. The Bertz CT molecular complexity index is 135. The zero-order valence-corrected chi connectivity index (χ0v) is 9.47. The van der Waals surface area contributed by atoms with Gasteiger partial charge < -0.3 is 9.47 Å². The number of rotatable bonds is 2. The lowest BCUT2D eigenvalue weighted by Gasteiger charge is -2.20. The molecular formula is C9H19O2P. The predicted octanol–water partition coefficient (Wildman–Crippen LogP) is 1.92. The monoisotopic (exact) mass is 190 g/mol. The zero-order valence-electron chi connectivity index (χ0n) is 8.57. The molecule has 72 valence electrons. The van der Waals surface area contributed by atoms with E-state index in [9.17, 15) is 0 Å². The Labute approximate surface area is 76.4 Å². The van der Waals surface area contributed by atoms with Gasteiger partial charge in [-0.1, -0.05) is 21.8 Å². The molecule has 3 heteroatoms.